The minimum absolute atomic E-state index is 0.113. The van der Waals surface area contributed by atoms with E-state index in [0.29, 0.717) is 0 Å². The van der Waals surface area contributed by atoms with Gasteiger partial charge in [0.15, 0.2) is 24.8 Å². The maximum atomic E-state index is 10.7. The topological polar surface area (TPSA) is 112 Å². The average Bonchev–Trinajstić information content (AvgIpc) is 3.03. The molecule has 49 heavy (non-hydrogen) atoms. The van der Waals surface area contributed by atoms with Crippen LogP contribution in [0.15, 0.2) is 142 Å². The van der Waals surface area contributed by atoms with Crippen LogP contribution >= 0.6 is 22.6 Å². The molecule has 0 heterocycles. The lowest BCUT2D eigenvalue weighted by Gasteiger charge is -2.09. The highest BCUT2D eigenvalue weighted by Crippen LogP contribution is 2.33. The molecule has 0 atom stereocenters. The number of aryl methyl sites for hydroxylation is 1. The summed E-state index contributed by atoms with van der Waals surface area (Å²) < 4.78 is 118. The molecule has 0 fully saturated rings. The zero-order valence-corrected chi connectivity index (χ0v) is 29.6. The van der Waals surface area contributed by atoms with E-state index >= 15 is 0 Å². The molecule has 260 valence electrons. The van der Waals surface area contributed by atoms with E-state index in [1.807, 2.05) is 0 Å². The molecular formula is C33H25F6IO6S3. The van der Waals surface area contributed by atoms with Crippen molar-refractivity contribution in [3.63, 3.8) is 0 Å². The Kier molecular flexibility index (Phi) is 13.5. The van der Waals surface area contributed by atoms with E-state index in [-0.39, 0.29) is 10.9 Å². The third-order valence-corrected chi connectivity index (χ3v) is 10.9. The fourth-order valence-corrected chi connectivity index (χ4v) is 6.53. The Morgan fingerprint density at radius 3 is 1.20 bits per heavy atom. The Bertz CT molecular complexity index is 1960. The molecule has 0 amide bonds. The number of hydrogen-bond donors (Lipinski definition) is 1. The zero-order valence-electron chi connectivity index (χ0n) is 25.0. The Morgan fingerprint density at radius 2 is 0.878 bits per heavy atom. The molecule has 0 aliphatic rings. The zero-order chi connectivity index (χ0) is 36.6. The van der Waals surface area contributed by atoms with E-state index in [4.69, 9.17) is 25.9 Å². The van der Waals surface area contributed by atoms with Gasteiger partial charge in [-0.25, -0.2) is 8.42 Å². The molecule has 5 aromatic carbocycles. The Morgan fingerprint density at radius 1 is 0.571 bits per heavy atom. The predicted octanol–water partition coefficient (Wildman–Crippen LogP) is 9.47. The first-order valence-corrected chi connectivity index (χ1v) is 18.7. The van der Waals surface area contributed by atoms with Crippen molar-refractivity contribution >= 4 is 53.7 Å². The normalized spacial score (nSPS) is 12.0. The number of benzene rings is 5. The molecule has 0 radical (unpaired) electrons. The van der Waals surface area contributed by atoms with Crippen LogP contribution in [0, 0.1) is 10.5 Å². The monoisotopic (exact) mass is 854 g/mol. The summed E-state index contributed by atoms with van der Waals surface area (Å²) in [6.45, 7) is 2.15. The van der Waals surface area contributed by atoms with Crippen LogP contribution in [0.2, 0.25) is 0 Å². The molecular weight excluding hydrogens is 829 g/mol. The van der Waals surface area contributed by atoms with Crippen LogP contribution in [0.3, 0.4) is 0 Å². The van der Waals surface area contributed by atoms with Crippen molar-refractivity contribution in [2.24, 2.45) is 0 Å². The molecule has 0 bridgehead atoms. The SMILES string of the molecule is Cc1ccc(-c2ccc(-c3ccc([S+](c4ccccc4)c4ccccc4)cc3)cc2)cc1I.O=S(=O)(O)C(F)(F)F.O=S(=O)([O-])C(F)(F)F. The highest BCUT2D eigenvalue weighted by atomic mass is 127. The van der Waals surface area contributed by atoms with Crippen molar-refractivity contribution in [1.82, 2.24) is 0 Å². The second-order valence-electron chi connectivity index (χ2n) is 9.82. The fraction of sp³-hybridized carbons (Fsp3) is 0.0909. The molecule has 0 aliphatic carbocycles. The first-order valence-electron chi connectivity index (χ1n) is 13.6. The third-order valence-electron chi connectivity index (χ3n) is 6.35. The van der Waals surface area contributed by atoms with Crippen LogP contribution < -0.4 is 0 Å². The molecule has 1 N–H and O–H groups in total. The van der Waals surface area contributed by atoms with Crippen LogP contribution in [0.4, 0.5) is 26.3 Å². The van der Waals surface area contributed by atoms with Crippen molar-refractivity contribution in [3.05, 3.63) is 137 Å². The lowest BCUT2D eigenvalue weighted by molar-refractivity contribution is -0.0519. The summed E-state index contributed by atoms with van der Waals surface area (Å²) in [5, 5.41) is 0. The van der Waals surface area contributed by atoms with Gasteiger partial charge >= 0.3 is 21.1 Å². The van der Waals surface area contributed by atoms with Gasteiger partial charge in [0.2, 0.25) is 0 Å². The summed E-state index contributed by atoms with van der Waals surface area (Å²) in [6.07, 6.45) is 0. The maximum absolute atomic E-state index is 10.7. The van der Waals surface area contributed by atoms with Crippen molar-refractivity contribution in [1.29, 1.82) is 0 Å². The van der Waals surface area contributed by atoms with E-state index in [1.165, 1.54) is 46.1 Å². The number of alkyl halides is 6. The summed E-state index contributed by atoms with van der Waals surface area (Å²) in [7, 11) is -12.0. The van der Waals surface area contributed by atoms with Crippen LogP contribution in [0.5, 0.6) is 0 Å². The molecule has 0 saturated heterocycles. The highest BCUT2D eigenvalue weighted by Gasteiger charge is 2.44. The van der Waals surface area contributed by atoms with Gasteiger partial charge in [-0.05, 0) is 112 Å². The van der Waals surface area contributed by atoms with Crippen molar-refractivity contribution in [2.75, 3.05) is 0 Å². The highest BCUT2D eigenvalue weighted by molar-refractivity contribution is 14.1. The third kappa shape index (κ3) is 11.6. The molecule has 0 aliphatic heterocycles. The second-order valence-corrected chi connectivity index (χ2v) is 15.8. The number of halogens is 7. The second kappa shape index (κ2) is 16.5. The molecule has 5 aromatic rings. The first kappa shape index (κ1) is 40.0. The quantitative estimate of drug-likeness (QED) is 0.0620. The molecule has 16 heteroatoms. The molecule has 0 unspecified atom stereocenters. The smallest absolute Gasteiger partial charge is 0.522 e. The van der Waals surface area contributed by atoms with Crippen LogP contribution in [0.25, 0.3) is 22.3 Å². The Balaban J connectivity index is 0.000000338. The number of rotatable bonds is 5. The summed E-state index contributed by atoms with van der Waals surface area (Å²) in [5.41, 5.74) is -4.86. The summed E-state index contributed by atoms with van der Waals surface area (Å²) in [4.78, 5) is 4.02. The van der Waals surface area contributed by atoms with Crippen molar-refractivity contribution in [3.8, 4) is 22.3 Å². The van der Waals surface area contributed by atoms with Gasteiger partial charge in [-0.15, -0.1) is 0 Å². The first-order chi connectivity index (χ1) is 22.7. The fourth-order valence-electron chi connectivity index (χ4n) is 3.93. The van der Waals surface area contributed by atoms with Gasteiger partial charge in [0.05, 0.1) is 10.9 Å². The summed E-state index contributed by atoms with van der Waals surface area (Å²) >= 11 is 2.41. The van der Waals surface area contributed by atoms with Crippen LogP contribution in [-0.4, -0.2) is 37.0 Å². The molecule has 6 nitrogen and oxygen atoms in total. The molecule has 0 aromatic heterocycles. The van der Waals surface area contributed by atoms with E-state index < -0.39 is 31.3 Å². The lowest BCUT2D eigenvalue weighted by Crippen LogP contribution is -2.21. The minimum atomic E-state index is -6.09. The van der Waals surface area contributed by atoms with E-state index in [9.17, 15) is 26.3 Å². The van der Waals surface area contributed by atoms with Gasteiger partial charge in [-0.3, -0.25) is 4.55 Å². The molecule has 5 rings (SSSR count). The summed E-state index contributed by atoms with van der Waals surface area (Å²) in [6, 6.07) is 46.2. The van der Waals surface area contributed by atoms with E-state index in [1.54, 1.807) is 0 Å². The van der Waals surface area contributed by atoms with Crippen molar-refractivity contribution < 1.29 is 52.3 Å². The molecule has 0 spiro atoms. The standard InChI is InChI=1S/C31H24IS.2CHF3O3S/c1-23-12-13-27(22-31(23)32)26-16-14-24(15-17-26)25-18-20-30(21-19-25)33(28-8-4-2-5-9-28)29-10-6-3-7-11-29;2*2-1(3,4)8(5,6)7/h2-22H,1H3;2*(H,5,6,7)/q+1;;/p-1. The van der Waals surface area contributed by atoms with Crippen molar-refractivity contribution in [2.45, 2.75) is 32.6 Å². The Hall–Kier alpha value is -3.42. The van der Waals surface area contributed by atoms with Gasteiger partial charge < -0.3 is 4.55 Å². The van der Waals surface area contributed by atoms with E-state index in [2.05, 4.69) is 157 Å². The lowest BCUT2D eigenvalue weighted by atomic mass is 10.00. The van der Waals surface area contributed by atoms with Gasteiger partial charge in [0.25, 0.3) is 0 Å². The van der Waals surface area contributed by atoms with Crippen LogP contribution in [0.1, 0.15) is 5.56 Å². The predicted molar refractivity (Wildman–Crippen MR) is 183 cm³/mol. The maximum Gasteiger partial charge on any atom is 0.522 e. The largest absolute Gasteiger partial charge is 0.741 e. The minimum Gasteiger partial charge on any atom is -0.741 e. The average molecular weight is 855 g/mol. The van der Waals surface area contributed by atoms with Gasteiger partial charge in [0, 0.05) is 3.57 Å². The molecule has 0 saturated carbocycles. The van der Waals surface area contributed by atoms with Gasteiger partial charge in [0.1, 0.15) is 0 Å². The Labute approximate surface area is 295 Å². The number of hydrogen-bond acceptors (Lipinski definition) is 5. The van der Waals surface area contributed by atoms with E-state index in [0.717, 1.165) is 0 Å². The summed E-state index contributed by atoms with van der Waals surface area (Å²) in [5.74, 6) is 0. The van der Waals surface area contributed by atoms with Crippen LogP contribution in [-0.2, 0) is 31.1 Å². The van der Waals surface area contributed by atoms with Gasteiger partial charge in [-0.2, -0.15) is 34.8 Å². The van der Waals surface area contributed by atoms with Gasteiger partial charge in [-0.1, -0.05) is 72.8 Å².